The van der Waals surface area contributed by atoms with E-state index in [2.05, 4.69) is 32.6 Å². The van der Waals surface area contributed by atoms with Crippen LogP contribution in [-0.2, 0) is 11.2 Å². The van der Waals surface area contributed by atoms with Gasteiger partial charge in [-0.25, -0.2) is 0 Å². The summed E-state index contributed by atoms with van der Waals surface area (Å²) in [6.07, 6.45) is 0.889. The predicted molar refractivity (Wildman–Crippen MR) is 83.7 cm³/mol. The van der Waals surface area contributed by atoms with Crippen LogP contribution in [0.3, 0.4) is 0 Å². The van der Waals surface area contributed by atoms with E-state index < -0.39 is 0 Å². The van der Waals surface area contributed by atoms with Crippen molar-refractivity contribution < 1.29 is 4.79 Å². The number of hydrogen-bond donors (Lipinski definition) is 2. The summed E-state index contributed by atoms with van der Waals surface area (Å²) in [6.45, 7) is 0.973. The molecule has 0 unspecified atom stereocenters. The first-order valence-corrected chi connectivity index (χ1v) is 7.70. The SMILES string of the molecule is O=C(CNc1cccc(Br)c1)NCCc1cccs1. The van der Waals surface area contributed by atoms with Crippen molar-refractivity contribution >= 4 is 38.9 Å². The summed E-state index contributed by atoms with van der Waals surface area (Å²) in [6, 6.07) is 11.9. The first-order chi connectivity index (χ1) is 9.24. The molecule has 2 rings (SSSR count). The van der Waals surface area contributed by atoms with Crippen LogP contribution in [0.25, 0.3) is 0 Å². The third-order valence-corrected chi connectivity index (χ3v) is 3.98. The highest BCUT2D eigenvalue weighted by Crippen LogP contribution is 2.15. The minimum atomic E-state index is 0.0107. The third kappa shape index (κ3) is 5.04. The van der Waals surface area contributed by atoms with Crippen molar-refractivity contribution in [1.82, 2.24) is 5.32 Å². The zero-order valence-electron chi connectivity index (χ0n) is 10.4. The van der Waals surface area contributed by atoms with Crippen molar-refractivity contribution in [1.29, 1.82) is 0 Å². The van der Waals surface area contributed by atoms with E-state index in [1.165, 1.54) is 4.88 Å². The molecule has 1 amide bonds. The van der Waals surface area contributed by atoms with Crippen molar-refractivity contribution in [3.8, 4) is 0 Å². The van der Waals surface area contributed by atoms with E-state index in [4.69, 9.17) is 0 Å². The lowest BCUT2D eigenvalue weighted by Gasteiger charge is -2.07. The Morgan fingerprint density at radius 1 is 1.26 bits per heavy atom. The molecule has 0 bridgehead atoms. The molecule has 2 N–H and O–H groups in total. The Bertz CT molecular complexity index is 528. The Morgan fingerprint density at radius 3 is 2.89 bits per heavy atom. The van der Waals surface area contributed by atoms with Gasteiger partial charge in [-0.05, 0) is 36.1 Å². The number of benzene rings is 1. The van der Waals surface area contributed by atoms with Crippen molar-refractivity contribution in [2.75, 3.05) is 18.4 Å². The normalized spacial score (nSPS) is 10.2. The first kappa shape index (κ1) is 14.1. The summed E-state index contributed by atoms with van der Waals surface area (Å²) < 4.78 is 0.996. The summed E-state index contributed by atoms with van der Waals surface area (Å²) in [5.41, 5.74) is 0.933. The maximum atomic E-state index is 11.6. The van der Waals surface area contributed by atoms with Crippen LogP contribution in [0.2, 0.25) is 0 Å². The number of nitrogens with one attached hydrogen (secondary N) is 2. The smallest absolute Gasteiger partial charge is 0.239 e. The maximum Gasteiger partial charge on any atom is 0.239 e. The number of carbonyl (C=O) groups is 1. The van der Waals surface area contributed by atoms with Crippen LogP contribution < -0.4 is 10.6 Å². The molecule has 0 aliphatic heterocycles. The highest BCUT2D eigenvalue weighted by molar-refractivity contribution is 9.10. The van der Waals surface area contributed by atoms with Gasteiger partial charge in [0.25, 0.3) is 0 Å². The average Bonchev–Trinajstić information content (AvgIpc) is 2.90. The van der Waals surface area contributed by atoms with Gasteiger partial charge in [0.1, 0.15) is 0 Å². The van der Waals surface area contributed by atoms with E-state index in [0.717, 1.165) is 16.6 Å². The van der Waals surface area contributed by atoms with Gasteiger partial charge < -0.3 is 10.6 Å². The van der Waals surface area contributed by atoms with Gasteiger partial charge in [-0.3, -0.25) is 4.79 Å². The van der Waals surface area contributed by atoms with Crippen LogP contribution in [0.4, 0.5) is 5.69 Å². The molecule has 0 atom stereocenters. The van der Waals surface area contributed by atoms with E-state index in [-0.39, 0.29) is 5.91 Å². The van der Waals surface area contributed by atoms with Crippen LogP contribution in [0.1, 0.15) is 4.88 Å². The minimum absolute atomic E-state index is 0.0107. The Labute approximate surface area is 125 Å². The predicted octanol–water partition coefficient (Wildman–Crippen LogP) is 3.28. The van der Waals surface area contributed by atoms with Gasteiger partial charge in [-0.1, -0.05) is 28.1 Å². The molecule has 1 heterocycles. The highest BCUT2D eigenvalue weighted by atomic mass is 79.9. The Balaban J connectivity index is 1.67. The van der Waals surface area contributed by atoms with Crippen LogP contribution in [-0.4, -0.2) is 19.0 Å². The zero-order chi connectivity index (χ0) is 13.5. The topological polar surface area (TPSA) is 41.1 Å². The van der Waals surface area contributed by atoms with Gasteiger partial charge in [0.05, 0.1) is 6.54 Å². The molecule has 0 aliphatic rings. The molecular formula is C14H15BrN2OS. The number of halogens is 1. The molecule has 0 saturated heterocycles. The standard InChI is InChI=1S/C14H15BrN2OS/c15-11-3-1-4-12(9-11)17-10-14(18)16-7-6-13-5-2-8-19-13/h1-5,8-9,17H,6-7,10H2,(H,16,18). The fourth-order valence-corrected chi connectivity index (χ4v) is 2.73. The Hall–Kier alpha value is -1.33. The fraction of sp³-hybridized carbons (Fsp3) is 0.214. The molecule has 1 aromatic heterocycles. The van der Waals surface area contributed by atoms with Crippen molar-refractivity contribution in [2.24, 2.45) is 0 Å². The van der Waals surface area contributed by atoms with Gasteiger partial charge in [0, 0.05) is 21.6 Å². The Morgan fingerprint density at radius 2 is 2.16 bits per heavy atom. The monoisotopic (exact) mass is 338 g/mol. The van der Waals surface area contributed by atoms with Gasteiger partial charge >= 0.3 is 0 Å². The molecule has 100 valence electrons. The van der Waals surface area contributed by atoms with Gasteiger partial charge in [0.2, 0.25) is 5.91 Å². The lowest BCUT2D eigenvalue weighted by Crippen LogP contribution is -2.31. The minimum Gasteiger partial charge on any atom is -0.376 e. The molecule has 1 aromatic carbocycles. The molecule has 0 fully saturated rings. The number of thiophene rings is 1. The quantitative estimate of drug-likeness (QED) is 0.848. The summed E-state index contributed by atoms with van der Waals surface area (Å²) >= 11 is 5.11. The van der Waals surface area contributed by atoms with Crippen LogP contribution in [0, 0.1) is 0 Å². The van der Waals surface area contributed by atoms with Gasteiger partial charge in [-0.15, -0.1) is 11.3 Å². The van der Waals surface area contributed by atoms with Crippen molar-refractivity contribution in [3.05, 3.63) is 51.1 Å². The van der Waals surface area contributed by atoms with E-state index in [0.29, 0.717) is 13.1 Å². The number of anilines is 1. The average molecular weight is 339 g/mol. The number of hydrogen-bond acceptors (Lipinski definition) is 3. The number of carbonyl (C=O) groups excluding carboxylic acids is 1. The van der Waals surface area contributed by atoms with E-state index in [1.807, 2.05) is 35.7 Å². The molecule has 2 aromatic rings. The van der Waals surface area contributed by atoms with E-state index in [9.17, 15) is 4.79 Å². The van der Waals surface area contributed by atoms with Crippen LogP contribution >= 0.6 is 27.3 Å². The van der Waals surface area contributed by atoms with E-state index >= 15 is 0 Å². The summed E-state index contributed by atoms with van der Waals surface area (Å²) in [5.74, 6) is 0.0107. The molecular weight excluding hydrogens is 324 g/mol. The summed E-state index contributed by atoms with van der Waals surface area (Å²) in [5, 5.41) is 8.04. The third-order valence-electron chi connectivity index (χ3n) is 2.55. The second kappa shape index (κ2) is 7.31. The fourth-order valence-electron chi connectivity index (χ4n) is 1.62. The molecule has 5 heteroatoms. The maximum absolute atomic E-state index is 11.6. The summed E-state index contributed by atoms with van der Waals surface area (Å²) in [7, 11) is 0. The van der Waals surface area contributed by atoms with Crippen molar-refractivity contribution in [3.63, 3.8) is 0 Å². The zero-order valence-corrected chi connectivity index (χ0v) is 12.8. The largest absolute Gasteiger partial charge is 0.376 e. The molecule has 19 heavy (non-hydrogen) atoms. The molecule has 0 spiro atoms. The van der Waals surface area contributed by atoms with Crippen LogP contribution in [0.5, 0.6) is 0 Å². The van der Waals surface area contributed by atoms with Crippen molar-refractivity contribution in [2.45, 2.75) is 6.42 Å². The molecule has 0 aliphatic carbocycles. The highest BCUT2D eigenvalue weighted by Gasteiger charge is 2.01. The van der Waals surface area contributed by atoms with Gasteiger partial charge in [0.15, 0.2) is 0 Å². The Kier molecular flexibility index (Phi) is 5.42. The second-order valence-corrected chi connectivity index (χ2v) is 5.99. The second-order valence-electron chi connectivity index (χ2n) is 4.04. The first-order valence-electron chi connectivity index (χ1n) is 6.02. The molecule has 3 nitrogen and oxygen atoms in total. The lowest BCUT2D eigenvalue weighted by molar-refractivity contribution is -0.119. The number of rotatable bonds is 6. The number of amides is 1. The van der Waals surface area contributed by atoms with E-state index in [1.54, 1.807) is 11.3 Å². The lowest BCUT2D eigenvalue weighted by atomic mass is 10.3. The molecule has 0 saturated carbocycles. The van der Waals surface area contributed by atoms with Crippen LogP contribution in [0.15, 0.2) is 46.3 Å². The summed E-state index contributed by atoms with van der Waals surface area (Å²) in [4.78, 5) is 12.9. The van der Waals surface area contributed by atoms with Gasteiger partial charge in [-0.2, -0.15) is 0 Å². The molecule has 0 radical (unpaired) electrons.